The fourth-order valence-corrected chi connectivity index (χ4v) is 2.00. The average molecular weight is 304 g/mol. The number of hydrogen-bond donors (Lipinski definition) is 1. The van der Waals surface area contributed by atoms with Crippen molar-refractivity contribution in [2.24, 2.45) is 0 Å². The number of halogens is 1. The molecule has 0 radical (unpaired) electrons. The van der Waals surface area contributed by atoms with Crippen LogP contribution in [0.2, 0.25) is 5.02 Å². The van der Waals surface area contributed by atoms with Crippen molar-refractivity contribution in [2.45, 2.75) is 26.9 Å². The Morgan fingerprint density at radius 2 is 1.81 bits per heavy atom. The van der Waals surface area contributed by atoms with Crippen molar-refractivity contribution in [3.63, 3.8) is 0 Å². The van der Waals surface area contributed by atoms with Gasteiger partial charge in [-0.3, -0.25) is 4.79 Å². The molecule has 2 aromatic rings. The number of nitrogens with one attached hydrogen (secondary N) is 1. The lowest BCUT2D eigenvalue weighted by Gasteiger charge is -2.17. The van der Waals surface area contributed by atoms with Gasteiger partial charge in [0.05, 0.1) is 0 Å². The van der Waals surface area contributed by atoms with Gasteiger partial charge in [-0.25, -0.2) is 0 Å². The maximum atomic E-state index is 12.1. The van der Waals surface area contributed by atoms with E-state index in [2.05, 4.69) is 5.32 Å². The van der Waals surface area contributed by atoms with Gasteiger partial charge < -0.3 is 10.1 Å². The molecule has 3 nitrogen and oxygen atoms in total. The number of ether oxygens (including phenoxy) is 1. The number of aryl methyl sites for hydroxylation is 1. The monoisotopic (exact) mass is 303 g/mol. The number of carbonyl (C=O) groups is 1. The molecule has 0 saturated heterocycles. The fourth-order valence-electron chi connectivity index (χ4n) is 1.87. The van der Waals surface area contributed by atoms with E-state index in [1.807, 2.05) is 32.0 Å². The summed E-state index contributed by atoms with van der Waals surface area (Å²) >= 11 is 5.81. The molecular formula is C17H18ClNO2. The third kappa shape index (κ3) is 3.99. The highest BCUT2D eigenvalue weighted by atomic mass is 35.5. The standard InChI is InChI=1S/C17H18ClNO2/c1-11-5-4-6-16(12(11)2)21-13(3)17(20)19-15-9-7-14(18)8-10-15/h4-10,13H,1-3H3,(H,19,20). The van der Waals surface area contributed by atoms with E-state index in [4.69, 9.17) is 16.3 Å². The van der Waals surface area contributed by atoms with Crippen molar-refractivity contribution in [3.8, 4) is 5.75 Å². The normalized spacial score (nSPS) is 11.8. The lowest BCUT2D eigenvalue weighted by molar-refractivity contribution is -0.122. The molecule has 0 fully saturated rings. The molecule has 0 aliphatic carbocycles. The van der Waals surface area contributed by atoms with Gasteiger partial charge >= 0.3 is 0 Å². The summed E-state index contributed by atoms with van der Waals surface area (Å²) in [6, 6.07) is 12.8. The molecule has 2 rings (SSSR count). The summed E-state index contributed by atoms with van der Waals surface area (Å²) in [4.78, 5) is 12.1. The van der Waals surface area contributed by atoms with Crippen LogP contribution in [0.3, 0.4) is 0 Å². The predicted molar refractivity (Wildman–Crippen MR) is 86.1 cm³/mol. The third-order valence-electron chi connectivity index (χ3n) is 3.34. The molecule has 2 aromatic carbocycles. The molecule has 1 atom stereocenters. The molecule has 0 aliphatic rings. The van der Waals surface area contributed by atoms with Crippen LogP contribution < -0.4 is 10.1 Å². The molecule has 0 bridgehead atoms. The van der Waals surface area contributed by atoms with Crippen molar-refractivity contribution >= 4 is 23.2 Å². The zero-order valence-corrected chi connectivity index (χ0v) is 13.1. The highest BCUT2D eigenvalue weighted by Gasteiger charge is 2.16. The molecule has 1 N–H and O–H groups in total. The molecule has 4 heteroatoms. The van der Waals surface area contributed by atoms with Crippen LogP contribution in [0.4, 0.5) is 5.69 Å². The SMILES string of the molecule is Cc1cccc(OC(C)C(=O)Nc2ccc(Cl)cc2)c1C. The maximum absolute atomic E-state index is 12.1. The number of amides is 1. The van der Waals surface area contributed by atoms with Gasteiger partial charge in [0.15, 0.2) is 6.10 Å². The summed E-state index contributed by atoms with van der Waals surface area (Å²) in [5.74, 6) is 0.534. The van der Waals surface area contributed by atoms with E-state index >= 15 is 0 Å². The summed E-state index contributed by atoms with van der Waals surface area (Å²) in [5.41, 5.74) is 2.88. The van der Waals surface area contributed by atoms with Crippen molar-refractivity contribution in [1.29, 1.82) is 0 Å². The Morgan fingerprint density at radius 3 is 2.48 bits per heavy atom. The third-order valence-corrected chi connectivity index (χ3v) is 3.59. The van der Waals surface area contributed by atoms with Crippen molar-refractivity contribution in [2.75, 3.05) is 5.32 Å². The Kier molecular flexibility index (Phi) is 4.86. The second-order valence-corrected chi connectivity index (χ2v) is 5.39. The molecular weight excluding hydrogens is 286 g/mol. The molecule has 0 aliphatic heterocycles. The quantitative estimate of drug-likeness (QED) is 0.911. The Labute approximate surface area is 129 Å². The zero-order valence-electron chi connectivity index (χ0n) is 12.3. The second kappa shape index (κ2) is 6.64. The van der Waals surface area contributed by atoms with Gasteiger partial charge in [0, 0.05) is 10.7 Å². The van der Waals surface area contributed by atoms with Crippen LogP contribution in [-0.2, 0) is 4.79 Å². The molecule has 1 amide bonds. The van der Waals surface area contributed by atoms with Crippen molar-refractivity contribution in [3.05, 3.63) is 58.6 Å². The first-order valence-electron chi connectivity index (χ1n) is 6.76. The number of benzene rings is 2. The lowest BCUT2D eigenvalue weighted by atomic mass is 10.1. The van der Waals surface area contributed by atoms with E-state index in [0.717, 1.165) is 16.9 Å². The van der Waals surface area contributed by atoms with E-state index in [1.165, 1.54) is 0 Å². The Balaban J connectivity index is 2.02. The van der Waals surface area contributed by atoms with Crippen LogP contribution in [0, 0.1) is 13.8 Å². The van der Waals surface area contributed by atoms with Crippen LogP contribution in [0.15, 0.2) is 42.5 Å². The predicted octanol–water partition coefficient (Wildman–Crippen LogP) is 4.36. The summed E-state index contributed by atoms with van der Waals surface area (Å²) in [6.45, 7) is 5.72. The van der Waals surface area contributed by atoms with E-state index in [-0.39, 0.29) is 5.91 Å². The van der Waals surface area contributed by atoms with Gasteiger partial charge in [-0.05, 0) is 62.2 Å². The molecule has 0 aromatic heterocycles. The zero-order chi connectivity index (χ0) is 15.4. The van der Waals surface area contributed by atoms with E-state index in [9.17, 15) is 4.79 Å². The topological polar surface area (TPSA) is 38.3 Å². The minimum atomic E-state index is -0.582. The molecule has 0 heterocycles. The first-order valence-corrected chi connectivity index (χ1v) is 7.14. The molecule has 0 saturated carbocycles. The summed E-state index contributed by atoms with van der Waals surface area (Å²) in [5, 5.41) is 3.43. The number of carbonyl (C=O) groups excluding carboxylic acids is 1. The van der Waals surface area contributed by atoms with Crippen LogP contribution in [0.25, 0.3) is 0 Å². The maximum Gasteiger partial charge on any atom is 0.265 e. The van der Waals surface area contributed by atoms with Crippen molar-refractivity contribution in [1.82, 2.24) is 0 Å². The molecule has 110 valence electrons. The van der Waals surface area contributed by atoms with Crippen LogP contribution >= 0.6 is 11.6 Å². The first-order chi connectivity index (χ1) is 9.97. The minimum Gasteiger partial charge on any atom is -0.481 e. The van der Waals surface area contributed by atoms with Gasteiger partial charge in [0.2, 0.25) is 0 Å². The van der Waals surface area contributed by atoms with Crippen molar-refractivity contribution < 1.29 is 9.53 Å². The Morgan fingerprint density at radius 1 is 1.14 bits per heavy atom. The highest BCUT2D eigenvalue weighted by molar-refractivity contribution is 6.30. The molecule has 1 unspecified atom stereocenters. The second-order valence-electron chi connectivity index (χ2n) is 4.95. The average Bonchev–Trinajstić information content (AvgIpc) is 2.46. The van der Waals surface area contributed by atoms with E-state index < -0.39 is 6.10 Å². The minimum absolute atomic E-state index is 0.196. The van der Waals surface area contributed by atoms with Gasteiger partial charge in [-0.2, -0.15) is 0 Å². The molecule has 21 heavy (non-hydrogen) atoms. The largest absolute Gasteiger partial charge is 0.481 e. The summed E-state index contributed by atoms with van der Waals surface area (Å²) in [7, 11) is 0. The number of anilines is 1. The Hall–Kier alpha value is -2.00. The van der Waals surface area contributed by atoms with Crippen LogP contribution in [-0.4, -0.2) is 12.0 Å². The number of rotatable bonds is 4. The molecule has 0 spiro atoms. The van der Waals surface area contributed by atoms with Crippen LogP contribution in [0.5, 0.6) is 5.75 Å². The van der Waals surface area contributed by atoms with Gasteiger partial charge in [0.25, 0.3) is 5.91 Å². The fraction of sp³-hybridized carbons (Fsp3) is 0.235. The number of hydrogen-bond acceptors (Lipinski definition) is 2. The highest BCUT2D eigenvalue weighted by Crippen LogP contribution is 2.22. The van der Waals surface area contributed by atoms with Gasteiger partial charge in [0.1, 0.15) is 5.75 Å². The lowest BCUT2D eigenvalue weighted by Crippen LogP contribution is -2.30. The van der Waals surface area contributed by atoms with E-state index in [1.54, 1.807) is 31.2 Å². The Bertz CT molecular complexity index is 638. The van der Waals surface area contributed by atoms with Crippen LogP contribution in [0.1, 0.15) is 18.1 Å². The summed E-state index contributed by atoms with van der Waals surface area (Å²) < 4.78 is 5.75. The van der Waals surface area contributed by atoms with E-state index in [0.29, 0.717) is 10.7 Å². The van der Waals surface area contributed by atoms with Gasteiger partial charge in [-0.15, -0.1) is 0 Å². The van der Waals surface area contributed by atoms with Gasteiger partial charge in [-0.1, -0.05) is 23.7 Å². The summed E-state index contributed by atoms with van der Waals surface area (Å²) in [6.07, 6.45) is -0.582. The smallest absolute Gasteiger partial charge is 0.265 e. The first kappa shape index (κ1) is 15.4.